The van der Waals surface area contributed by atoms with Crippen molar-refractivity contribution in [3.8, 4) is 0 Å². The van der Waals surface area contributed by atoms with Gasteiger partial charge in [-0.15, -0.1) is 0 Å². The van der Waals surface area contributed by atoms with E-state index in [-0.39, 0.29) is 5.91 Å². The summed E-state index contributed by atoms with van der Waals surface area (Å²) in [6, 6.07) is 5.70. The lowest BCUT2D eigenvalue weighted by Crippen LogP contribution is -2.41. The maximum atomic E-state index is 12.3. The van der Waals surface area contributed by atoms with Gasteiger partial charge >= 0.3 is 0 Å². The lowest BCUT2D eigenvalue weighted by Gasteiger charge is -2.29. The minimum absolute atomic E-state index is 0.0105. The number of nitrogens with zero attached hydrogens (tertiary/aromatic N) is 2. The number of hydrogen-bond acceptors (Lipinski definition) is 3. The monoisotopic (exact) mass is 258 g/mol. The summed E-state index contributed by atoms with van der Waals surface area (Å²) in [7, 11) is 0. The quantitative estimate of drug-likeness (QED) is 0.868. The Kier molecular flexibility index (Phi) is 3.19. The van der Waals surface area contributed by atoms with Crippen molar-refractivity contribution in [2.45, 2.75) is 38.6 Å². The molecule has 5 heteroatoms. The number of aromatic amines is 1. The van der Waals surface area contributed by atoms with Crippen LogP contribution >= 0.6 is 0 Å². The molecule has 19 heavy (non-hydrogen) atoms. The van der Waals surface area contributed by atoms with Crippen LogP contribution in [-0.4, -0.2) is 27.4 Å². The highest BCUT2D eigenvalue weighted by atomic mass is 16.1. The molecule has 1 saturated carbocycles. The summed E-state index contributed by atoms with van der Waals surface area (Å²) in [4.78, 5) is 12.3. The molecule has 1 aromatic carbocycles. The normalized spacial score (nSPS) is 23.4. The van der Waals surface area contributed by atoms with Crippen molar-refractivity contribution in [2.75, 3.05) is 0 Å². The van der Waals surface area contributed by atoms with E-state index < -0.39 is 0 Å². The Labute approximate surface area is 111 Å². The van der Waals surface area contributed by atoms with Crippen molar-refractivity contribution in [1.29, 1.82) is 0 Å². The van der Waals surface area contributed by atoms with Gasteiger partial charge in [0.2, 0.25) is 0 Å². The van der Waals surface area contributed by atoms with Gasteiger partial charge in [-0.1, -0.05) is 19.8 Å². The highest BCUT2D eigenvalue weighted by Crippen LogP contribution is 2.24. The van der Waals surface area contributed by atoms with Crippen LogP contribution in [0.4, 0.5) is 0 Å². The Hall–Kier alpha value is -1.91. The van der Waals surface area contributed by atoms with Crippen LogP contribution in [-0.2, 0) is 0 Å². The standard InChI is InChI=1S/C14H18N4O/c1-9-4-2-3-5-11(9)15-14(19)10-6-7-12-13(8-10)17-18-16-12/h6-9,11H,2-5H2,1H3,(H,15,19)(H,16,17,18)/t9-,11+/m0/s1. The molecule has 0 radical (unpaired) electrons. The van der Waals surface area contributed by atoms with E-state index in [0.29, 0.717) is 17.5 Å². The van der Waals surface area contributed by atoms with Gasteiger partial charge in [-0.2, -0.15) is 15.4 Å². The first-order valence-corrected chi connectivity index (χ1v) is 6.85. The average molecular weight is 258 g/mol. The van der Waals surface area contributed by atoms with Crippen LogP contribution in [0.3, 0.4) is 0 Å². The van der Waals surface area contributed by atoms with Crippen LogP contribution < -0.4 is 5.32 Å². The molecule has 1 heterocycles. The van der Waals surface area contributed by atoms with Crippen molar-refractivity contribution < 1.29 is 4.79 Å². The SMILES string of the molecule is C[C@H]1CCCC[C@H]1NC(=O)c1ccc2n[nH]nc2c1. The molecule has 5 nitrogen and oxygen atoms in total. The number of aromatic nitrogens is 3. The molecule has 1 aromatic heterocycles. The highest BCUT2D eigenvalue weighted by molar-refractivity contribution is 5.97. The van der Waals surface area contributed by atoms with E-state index in [2.05, 4.69) is 27.7 Å². The average Bonchev–Trinajstić information content (AvgIpc) is 2.88. The summed E-state index contributed by atoms with van der Waals surface area (Å²) in [6.45, 7) is 2.21. The van der Waals surface area contributed by atoms with Gasteiger partial charge in [0, 0.05) is 11.6 Å². The number of H-pyrrole nitrogens is 1. The highest BCUT2D eigenvalue weighted by Gasteiger charge is 2.23. The van der Waals surface area contributed by atoms with Crippen molar-refractivity contribution in [3.63, 3.8) is 0 Å². The van der Waals surface area contributed by atoms with E-state index in [9.17, 15) is 4.79 Å². The van der Waals surface area contributed by atoms with Gasteiger partial charge in [0.25, 0.3) is 5.91 Å². The van der Waals surface area contributed by atoms with Crippen LogP contribution in [0.25, 0.3) is 11.0 Å². The summed E-state index contributed by atoms with van der Waals surface area (Å²) in [5, 5.41) is 13.7. The molecule has 0 unspecified atom stereocenters. The summed E-state index contributed by atoms with van der Waals surface area (Å²) >= 11 is 0. The van der Waals surface area contributed by atoms with Crippen molar-refractivity contribution >= 4 is 16.9 Å². The second-order valence-corrected chi connectivity index (χ2v) is 5.37. The fourth-order valence-electron chi connectivity index (χ4n) is 2.76. The van der Waals surface area contributed by atoms with Crippen LogP contribution in [0.2, 0.25) is 0 Å². The zero-order chi connectivity index (χ0) is 13.2. The van der Waals surface area contributed by atoms with Gasteiger partial charge < -0.3 is 5.32 Å². The van der Waals surface area contributed by atoms with E-state index in [0.717, 1.165) is 17.5 Å². The Morgan fingerprint density at radius 2 is 2.05 bits per heavy atom. The summed E-state index contributed by atoms with van der Waals surface area (Å²) in [5.74, 6) is 0.553. The van der Waals surface area contributed by atoms with E-state index in [1.165, 1.54) is 19.3 Å². The third-order valence-corrected chi connectivity index (χ3v) is 4.01. The molecule has 0 saturated heterocycles. The fourth-order valence-corrected chi connectivity index (χ4v) is 2.76. The molecule has 0 spiro atoms. The number of rotatable bonds is 2. The second kappa shape index (κ2) is 4.99. The lowest BCUT2D eigenvalue weighted by atomic mass is 9.86. The lowest BCUT2D eigenvalue weighted by molar-refractivity contribution is 0.0910. The first kappa shape index (κ1) is 12.1. The summed E-state index contributed by atoms with van der Waals surface area (Å²) in [6.07, 6.45) is 4.77. The zero-order valence-corrected chi connectivity index (χ0v) is 11.0. The molecular formula is C14H18N4O. The van der Waals surface area contributed by atoms with Gasteiger partial charge in [0.05, 0.1) is 0 Å². The van der Waals surface area contributed by atoms with E-state index in [4.69, 9.17) is 0 Å². The van der Waals surface area contributed by atoms with Crippen LogP contribution in [0, 0.1) is 5.92 Å². The molecule has 2 aromatic rings. The van der Waals surface area contributed by atoms with Crippen molar-refractivity contribution in [3.05, 3.63) is 23.8 Å². The molecule has 0 bridgehead atoms. The number of benzene rings is 1. The van der Waals surface area contributed by atoms with Crippen LogP contribution in [0.15, 0.2) is 18.2 Å². The van der Waals surface area contributed by atoms with E-state index in [1.54, 1.807) is 12.1 Å². The molecule has 2 N–H and O–H groups in total. The first-order valence-electron chi connectivity index (χ1n) is 6.85. The maximum absolute atomic E-state index is 12.3. The summed E-state index contributed by atoms with van der Waals surface area (Å²) in [5.41, 5.74) is 2.16. The molecule has 100 valence electrons. The van der Waals surface area contributed by atoms with Gasteiger partial charge in [-0.05, 0) is 37.0 Å². The van der Waals surface area contributed by atoms with Gasteiger partial charge in [0.1, 0.15) is 11.0 Å². The minimum Gasteiger partial charge on any atom is -0.349 e. The molecule has 1 aliphatic rings. The van der Waals surface area contributed by atoms with Gasteiger partial charge in [0.15, 0.2) is 0 Å². The van der Waals surface area contributed by atoms with Gasteiger partial charge in [-0.3, -0.25) is 4.79 Å². The Morgan fingerprint density at radius 1 is 1.26 bits per heavy atom. The van der Waals surface area contributed by atoms with Crippen molar-refractivity contribution in [1.82, 2.24) is 20.7 Å². The predicted molar refractivity (Wildman–Crippen MR) is 72.8 cm³/mol. The molecule has 3 rings (SSSR count). The third kappa shape index (κ3) is 2.45. The zero-order valence-electron chi connectivity index (χ0n) is 11.0. The Morgan fingerprint density at radius 3 is 2.89 bits per heavy atom. The van der Waals surface area contributed by atoms with Crippen molar-refractivity contribution in [2.24, 2.45) is 5.92 Å². The molecular weight excluding hydrogens is 240 g/mol. The smallest absolute Gasteiger partial charge is 0.251 e. The Bertz CT molecular complexity index is 592. The Balaban J connectivity index is 1.75. The van der Waals surface area contributed by atoms with E-state index in [1.807, 2.05) is 6.07 Å². The predicted octanol–water partition coefficient (Wildman–Crippen LogP) is 2.27. The van der Waals surface area contributed by atoms with Crippen LogP contribution in [0.5, 0.6) is 0 Å². The number of carbonyl (C=O) groups is 1. The topological polar surface area (TPSA) is 70.7 Å². The number of hydrogen-bond donors (Lipinski definition) is 2. The third-order valence-electron chi connectivity index (χ3n) is 4.01. The minimum atomic E-state index is -0.0105. The second-order valence-electron chi connectivity index (χ2n) is 5.37. The largest absolute Gasteiger partial charge is 0.349 e. The fraction of sp³-hybridized carbons (Fsp3) is 0.500. The first-order chi connectivity index (χ1) is 9.24. The molecule has 2 atom stereocenters. The maximum Gasteiger partial charge on any atom is 0.251 e. The molecule has 1 aliphatic carbocycles. The van der Waals surface area contributed by atoms with Crippen LogP contribution in [0.1, 0.15) is 43.0 Å². The number of amides is 1. The van der Waals surface area contributed by atoms with E-state index >= 15 is 0 Å². The number of fused-ring (bicyclic) bond motifs is 1. The molecule has 1 fully saturated rings. The molecule has 1 amide bonds. The van der Waals surface area contributed by atoms with Gasteiger partial charge in [-0.25, -0.2) is 0 Å². The summed E-state index contributed by atoms with van der Waals surface area (Å²) < 4.78 is 0. The number of nitrogens with one attached hydrogen (secondary N) is 2. The number of carbonyl (C=O) groups excluding carboxylic acids is 1. The molecule has 0 aliphatic heterocycles.